The van der Waals surface area contributed by atoms with Crippen LogP contribution in [0.1, 0.15) is 6.42 Å². The van der Waals surface area contributed by atoms with Crippen molar-refractivity contribution in [1.29, 1.82) is 0 Å². The van der Waals surface area contributed by atoms with Crippen LogP contribution in [0.25, 0.3) is 0 Å². The molecule has 0 aliphatic rings. The van der Waals surface area contributed by atoms with Crippen LogP contribution in [-0.4, -0.2) is 45.4 Å². The predicted octanol–water partition coefficient (Wildman–Crippen LogP) is 1.73. The Bertz CT molecular complexity index is 467. The Kier molecular flexibility index (Phi) is 7.51. The lowest BCUT2D eigenvalue weighted by Gasteiger charge is -2.13. The quantitative estimate of drug-likeness (QED) is 0.681. The highest BCUT2D eigenvalue weighted by atomic mass is 19.4. The maximum absolute atomic E-state index is 12.2. The van der Waals surface area contributed by atoms with Crippen LogP contribution in [0.3, 0.4) is 0 Å². The molecular weight excluding hydrogens is 301 g/mol. The molecule has 1 aromatic rings. The average molecular weight is 320 g/mol. The second-order valence-corrected chi connectivity index (χ2v) is 4.45. The van der Waals surface area contributed by atoms with E-state index in [0.29, 0.717) is 6.54 Å². The molecule has 2 N–H and O–H groups in total. The molecule has 5 nitrogen and oxygen atoms in total. The summed E-state index contributed by atoms with van der Waals surface area (Å²) in [7, 11) is 1.81. The lowest BCUT2D eigenvalue weighted by Crippen LogP contribution is -2.31. The molecule has 0 fully saturated rings. The number of nitrogens with one attached hydrogen (secondary N) is 2. The zero-order chi connectivity index (χ0) is 16.4. The third kappa shape index (κ3) is 7.72. The van der Waals surface area contributed by atoms with Gasteiger partial charge in [-0.1, -0.05) is 12.1 Å². The molecule has 0 aliphatic carbocycles. The number of halogens is 3. The van der Waals surface area contributed by atoms with Crippen LogP contribution in [0.15, 0.2) is 24.3 Å². The first-order chi connectivity index (χ1) is 10.4. The Morgan fingerprint density at radius 2 is 1.77 bits per heavy atom. The summed E-state index contributed by atoms with van der Waals surface area (Å²) in [5, 5.41) is 5.58. The zero-order valence-electron chi connectivity index (χ0n) is 12.2. The number of benzene rings is 1. The minimum Gasteiger partial charge on any atom is -0.480 e. The summed E-state index contributed by atoms with van der Waals surface area (Å²) in [6.07, 6.45) is -3.66. The van der Waals surface area contributed by atoms with Gasteiger partial charge in [0.05, 0.1) is 0 Å². The minimum absolute atomic E-state index is 0.0530. The fraction of sp³-hybridized carbons (Fsp3) is 0.500. The topological polar surface area (TPSA) is 59.6 Å². The molecule has 0 heterocycles. The van der Waals surface area contributed by atoms with E-state index in [1.807, 2.05) is 7.05 Å². The van der Waals surface area contributed by atoms with Gasteiger partial charge in [0, 0.05) is 6.54 Å². The molecule has 124 valence electrons. The Labute approximate surface area is 126 Å². The van der Waals surface area contributed by atoms with E-state index in [0.717, 1.165) is 13.0 Å². The molecule has 1 amide bonds. The summed E-state index contributed by atoms with van der Waals surface area (Å²) in [6.45, 7) is -0.431. The SMILES string of the molecule is CNCCCNC(=O)COc1ccccc1OCC(F)(F)F. The standard InChI is InChI=1S/C14H19F3N2O3/c1-18-7-4-8-19-13(20)9-21-11-5-2-3-6-12(11)22-10-14(15,16)17/h2-3,5-6,18H,4,7-10H2,1H3,(H,19,20). The first-order valence-electron chi connectivity index (χ1n) is 6.75. The Balaban J connectivity index is 2.43. The smallest absolute Gasteiger partial charge is 0.422 e. The summed E-state index contributed by atoms with van der Waals surface area (Å²) < 4.78 is 46.3. The van der Waals surface area contributed by atoms with Gasteiger partial charge in [0.1, 0.15) is 0 Å². The van der Waals surface area contributed by atoms with Gasteiger partial charge >= 0.3 is 6.18 Å². The van der Waals surface area contributed by atoms with Crippen molar-refractivity contribution >= 4 is 5.91 Å². The molecule has 0 aromatic heterocycles. The molecule has 0 spiro atoms. The van der Waals surface area contributed by atoms with E-state index in [1.165, 1.54) is 18.2 Å². The second kappa shape index (κ2) is 9.14. The van der Waals surface area contributed by atoms with Gasteiger partial charge in [-0.05, 0) is 32.1 Å². The Morgan fingerprint density at radius 3 is 2.36 bits per heavy atom. The first kappa shape index (κ1) is 18.1. The average Bonchev–Trinajstić information content (AvgIpc) is 2.47. The van der Waals surface area contributed by atoms with Gasteiger partial charge < -0.3 is 20.1 Å². The van der Waals surface area contributed by atoms with Crippen molar-refractivity contribution < 1.29 is 27.4 Å². The second-order valence-electron chi connectivity index (χ2n) is 4.45. The zero-order valence-corrected chi connectivity index (χ0v) is 12.2. The number of carbonyl (C=O) groups is 1. The van der Waals surface area contributed by atoms with Gasteiger partial charge in [0.25, 0.3) is 5.91 Å². The summed E-state index contributed by atoms with van der Waals surface area (Å²) in [5.41, 5.74) is 0. The highest BCUT2D eigenvalue weighted by Gasteiger charge is 2.28. The van der Waals surface area contributed by atoms with Gasteiger partial charge in [-0.25, -0.2) is 0 Å². The van der Waals surface area contributed by atoms with Crippen molar-refractivity contribution in [3.63, 3.8) is 0 Å². The molecule has 0 saturated heterocycles. The van der Waals surface area contributed by atoms with E-state index in [-0.39, 0.29) is 24.0 Å². The van der Waals surface area contributed by atoms with Crippen molar-refractivity contribution in [2.24, 2.45) is 0 Å². The van der Waals surface area contributed by atoms with E-state index in [2.05, 4.69) is 15.4 Å². The van der Waals surface area contributed by atoms with Crippen molar-refractivity contribution in [2.75, 3.05) is 33.4 Å². The number of ether oxygens (including phenoxy) is 2. The predicted molar refractivity (Wildman–Crippen MR) is 75.0 cm³/mol. The maximum Gasteiger partial charge on any atom is 0.422 e. The van der Waals surface area contributed by atoms with Crippen molar-refractivity contribution in [3.8, 4) is 11.5 Å². The summed E-state index contributed by atoms with van der Waals surface area (Å²) in [6, 6.07) is 5.91. The normalized spacial score (nSPS) is 11.1. The van der Waals surface area contributed by atoms with Crippen molar-refractivity contribution in [3.05, 3.63) is 24.3 Å². The van der Waals surface area contributed by atoms with Crippen LogP contribution in [0, 0.1) is 0 Å². The van der Waals surface area contributed by atoms with Crippen LogP contribution in [-0.2, 0) is 4.79 Å². The Morgan fingerprint density at radius 1 is 1.14 bits per heavy atom. The maximum atomic E-state index is 12.2. The van der Waals surface area contributed by atoms with Crippen molar-refractivity contribution in [1.82, 2.24) is 10.6 Å². The monoisotopic (exact) mass is 320 g/mol. The van der Waals surface area contributed by atoms with Gasteiger partial charge in [-0.3, -0.25) is 4.79 Å². The number of hydrogen-bond donors (Lipinski definition) is 2. The van der Waals surface area contributed by atoms with E-state index in [9.17, 15) is 18.0 Å². The fourth-order valence-corrected chi connectivity index (χ4v) is 1.54. The van der Waals surface area contributed by atoms with Crippen LogP contribution >= 0.6 is 0 Å². The number of rotatable bonds is 9. The van der Waals surface area contributed by atoms with E-state index in [1.54, 1.807) is 6.07 Å². The van der Waals surface area contributed by atoms with Gasteiger partial charge in [0.2, 0.25) is 0 Å². The van der Waals surface area contributed by atoms with Crippen LogP contribution in [0.2, 0.25) is 0 Å². The van der Waals surface area contributed by atoms with Crippen LogP contribution in [0.5, 0.6) is 11.5 Å². The third-order valence-corrected chi connectivity index (χ3v) is 2.52. The lowest BCUT2D eigenvalue weighted by atomic mass is 10.3. The van der Waals surface area contributed by atoms with Gasteiger partial charge in [-0.15, -0.1) is 0 Å². The molecular formula is C14H19F3N2O3. The lowest BCUT2D eigenvalue weighted by molar-refractivity contribution is -0.153. The largest absolute Gasteiger partial charge is 0.480 e. The molecule has 0 radical (unpaired) electrons. The molecule has 0 saturated carbocycles. The number of alkyl halides is 3. The van der Waals surface area contributed by atoms with Gasteiger partial charge in [0.15, 0.2) is 24.7 Å². The minimum atomic E-state index is -4.43. The molecule has 0 bridgehead atoms. The first-order valence-corrected chi connectivity index (χ1v) is 6.75. The van der Waals surface area contributed by atoms with E-state index >= 15 is 0 Å². The molecule has 0 atom stereocenters. The molecule has 1 rings (SSSR count). The summed E-state index contributed by atoms with van der Waals surface area (Å²) in [4.78, 5) is 11.5. The van der Waals surface area contributed by atoms with Crippen molar-refractivity contribution in [2.45, 2.75) is 12.6 Å². The fourth-order valence-electron chi connectivity index (χ4n) is 1.54. The molecule has 22 heavy (non-hydrogen) atoms. The summed E-state index contributed by atoms with van der Waals surface area (Å²) in [5.74, 6) is -0.304. The highest BCUT2D eigenvalue weighted by Crippen LogP contribution is 2.28. The third-order valence-electron chi connectivity index (χ3n) is 2.52. The van der Waals surface area contributed by atoms with Gasteiger partial charge in [-0.2, -0.15) is 13.2 Å². The molecule has 1 aromatic carbocycles. The molecule has 0 unspecified atom stereocenters. The number of carbonyl (C=O) groups excluding carboxylic acids is 1. The van der Waals surface area contributed by atoms with E-state index in [4.69, 9.17) is 4.74 Å². The van der Waals surface area contributed by atoms with Crippen LogP contribution < -0.4 is 20.1 Å². The van der Waals surface area contributed by atoms with Crippen LogP contribution in [0.4, 0.5) is 13.2 Å². The number of amides is 1. The number of para-hydroxylation sites is 2. The highest BCUT2D eigenvalue weighted by molar-refractivity contribution is 5.77. The van der Waals surface area contributed by atoms with E-state index < -0.39 is 12.8 Å². The number of hydrogen-bond acceptors (Lipinski definition) is 4. The molecule has 8 heteroatoms. The summed E-state index contributed by atoms with van der Waals surface area (Å²) >= 11 is 0. The molecule has 0 aliphatic heterocycles. The Hall–Kier alpha value is -1.96.